The normalized spacial score (nSPS) is 29.4. The first kappa shape index (κ1) is 21.8. The van der Waals surface area contributed by atoms with Gasteiger partial charge in [0.05, 0.1) is 32.0 Å². The summed E-state index contributed by atoms with van der Waals surface area (Å²) in [7, 11) is 0. The molecule has 3 fully saturated rings. The molecule has 170 valence electrons. The number of halogens is 1. The van der Waals surface area contributed by atoms with Gasteiger partial charge in [-0.3, -0.25) is 0 Å². The van der Waals surface area contributed by atoms with Crippen molar-refractivity contribution < 1.29 is 19.3 Å². The summed E-state index contributed by atoms with van der Waals surface area (Å²) in [5, 5.41) is 18.7. The van der Waals surface area contributed by atoms with Crippen molar-refractivity contribution in [2.45, 2.75) is 81.2 Å². The van der Waals surface area contributed by atoms with Gasteiger partial charge in [-0.1, -0.05) is 35.5 Å². The van der Waals surface area contributed by atoms with Crippen LogP contribution in [0.3, 0.4) is 0 Å². The predicted octanol–water partition coefficient (Wildman–Crippen LogP) is 2.83. The Bertz CT molecular complexity index is 924. The van der Waals surface area contributed by atoms with E-state index >= 15 is 0 Å². The minimum Gasteiger partial charge on any atom is -0.394 e. The van der Waals surface area contributed by atoms with Crippen LogP contribution in [0.2, 0.25) is 5.15 Å². The smallest absolute Gasteiger partial charge is 0.191 e. The summed E-state index contributed by atoms with van der Waals surface area (Å²) < 4.78 is 20.7. The number of thioether (sulfide) groups is 1. The molecule has 0 aromatic carbocycles. The van der Waals surface area contributed by atoms with Crippen molar-refractivity contribution in [3.05, 3.63) is 5.15 Å². The van der Waals surface area contributed by atoms with Crippen LogP contribution in [0.1, 0.15) is 45.4 Å². The Hall–Kier alpha value is -1.04. The second-order valence-electron chi connectivity index (χ2n) is 8.50. The van der Waals surface area contributed by atoms with Crippen LogP contribution < -0.4 is 0 Å². The number of rotatable bonds is 8. The van der Waals surface area contributed by atoms with Crippen LogP contribution in [0, 0.1) is 5.92 Å². The van der Waals surface area contributed by atoms with Crippen LogP contribution in [-0.4, -0.2) is 73.1 Å². The first-order valence-corrected chi connectivity index (χ1v) is 12.5. The lowest BCUT2D eigenvalue weighted by Gasteiger charge is -2.26. The van der Waals surface area contributed by atoms with Crippen molar-refractivity contribution in [2.75, 3.05) is 19.0 Å². The zero-order chi connectivity index (χ0) is 21.4. The maximum absolute atomic E-state index is 9.23. The molecule has 5 rings (SSSR count). The van der Waals surface area contributed by atoms with E-state index in [0.717, 1.165) is 44.3 Å². The van der Waals surface area contributed by atoms with Gasteiger partial charge >= 0.3 is 0 Å². The lowest BCUT2D eigenvalue weighted by molar-refractivity contribution is -0.191. The fraction of sp³-hybridized carbons (Fsp3) is 0.800. The number of hydrogen-bond donors (Lipinski definition) is 1. The molecule has 31 heavy (non-hydrogen) atoms. The molecule has 1 unspecified atom stereocenters. The average molecular weight is 470 g/mol. The fourth-order valence-corrected chi connectivity index (χ4v) is 5.93. The van der Waals surface area contributed by atoms with Crippen molar-refractivity contribution in [3.63, 3.8) is 0 Å². The van der Waals surface area contributed by atoms with E-state index in [0.29, 0.717) is 34.6 Å². The molecule has 1 spiro atoms. The van der Waals surface area contributed by atoms with E-state index in [9.17, 15) is 5.11 Å². The quantitative estimate of drug-likeness (QED) is 0.355. The van der Waals surface area contributed by atoms with Crippen LogP contribution in [0.25, 0.3) is 11.2 Å². The Kier molecular flexibility index (Phi) is 6.37. The summed E-state index contributed by atoms with van der Waals surface area (Å²) in [5.41, 5.74) is 1.16. The molecule has 4 atom stereocenters. The summed E-state index contributed by atoms with van der Waals surface area (Å²) in [5.74, 6) is 0.584. The van der Waals surface area contributed by atoms with E-state index in [2.05, 4.69) is 27.2 Å². The second-order valence-corrected chi connectivity index (χ2v) is 9.92. The zero-order valence-electron chi connectivity index (χ0n) is 17.6. The summed E-state index contributed by atoms with van der Waals surface area (Å²) in [6.45, 7) is 2.99. The van der Waals surface area contributed by atoms with E-state index in [1.54, 1.807) is 16.4 Å². The van der Waals surface area contributed by atoms with Crippen molar-refractivity contribution in [1.82, 2.24) is 25.0 Å². The molecule has 0 amide bonds. The van der Waals surface area contributed by atoms with Gasteiger partial charge in [0.2, 0.25) is 0 Å². The summed E-state index contributed by atoms with van der Waals surface area (Å²) in [6.07, 6.45) is 5.57. The monoisotopic (exact) mass is 469 g/mol. The molecule has 2 saturated carbocycles. The average Bonchev–Trinajstić information content (AvgIpc) is 3.53. The van der Waals surface area contributed by atoms with Gasteiger partial charge in [0.25, 0.3) is 0 Å². The largest absolute Gasteiger partial charge is 0.394 e. The minimum absolute atomic E-state index is 0.00805. The Morgan fingerprint density at radius 3 is 2.84 bits per heavy atom. The Labute approximate surface area is 190 Å². The van der Waals surface area contributed by atoms with Gasteiger partial charge < -0.3 is 19.3 Å². The zero-order valence-corrected chi connectivity index (χ0v) is 19.1. The van der Waals surface area contributed by atoms with Gasteiger partial charge in [-0.05, 0) is 25.7 Å². The molecular weight excluding hydrogens is 442 g/mol. The van der Waals surface area contributed by atoms with Gasteiger partial charge in [-0.25, -0.2) is 14.6 Å². The lowest BCUT2D eigenvalue weighted by atomic mass is 10.1. The van der Waals surface area contributed by atoms with Crippen molar-refractivity contribution in [2.24, 2.45) is 5.92 Å². The van der Waals surface area contributed by atoms with Crippen molar-refractivity contribution in [1.29, 1.82) is 0 Å². The summed E-state index contributed by atoms with van der Waals surface area (Å²) >= 11 is 7.93. The highest BCUT2D eigenvalue weighted by atomic mass is 35.5. The molecule has 0 bridgehead atoms. The van der Waals surface area contributed by atoms with Gasteiger partial charge in [-0.2, -0.15) is 0 Å². The third-order valence-corrected chi connectivity index (χ3v) is 7.64. The Morgan fingerprint density at radius 2 is 2.06 bits per heavy atom. The molecule has 0 radical (unpaired) electrons. The number of aliphatic hydroxyl groups excluding tert-OH is 1. The highest BCUT2D eigenvalue weighted by Crippen LogP contribution is 2.49. The molecule has 2 aromatic heterocycles. The van der Waals surface area contributed by atoms with E-state index in [4.69, 9.17) is 25.8 Å². The van der Waals surface area contributed by atoms with Crippen molar-refractivity contribution >= 4 is 34.5 Å². The maximum atomic E-state index is 9.23. The predicted molar refractivity (Wildman–Crippen MR) is 115 cm³/mol. The number of hydrogen-bond acceptors (Lipinski definition) is 9. The molecule has 3 heterocycles. The number of aromatic nitrogens is 5. The van der Waals surface area contributed by atoms with Crippen LogP contribution in [0.5, 0.6) is 0 Å². The molecule has 2 aliphatic carbocycles. The molecule has 9 nitrogen and oxygen atoms in total. The summed E-state index contributed by atoms with van der Waals surface area (Å²) in [4.78, 5) is 9.01. The molecule has 1 aliphatic heterocycles. The molecule has 11 heteroatoms. The minimum atomic E-state index is -0.477. The Morgan fingerprint density at radius 1 is 1.26 bits per heavy atom. The number of ether oxygens (including phenoxy) is 3. The van der Waals surface area contributed by atoms with Crippen LogP contribution >= 0.6 is 23.4 Å². The number of fused-ring (bicyclic) bond motifs is 2. The topological polar surface area (TPSA) is 104 Å². The molecular formula is C20H28ClN5O4S. The second kappa shape index (κ2) is 9.07. The fourth-order valence-electron chi connectivity index (χ4n) is 4.98. The van der Waals surface area contributed by atoms with Gasteiger partial charge in [0.15, 0.2) is 27.3 Å². The van der Waals surface area contributed by atoms with Crippen LogP contribution in [0.4, 0.5) is 0 Å². The highest BCUT2D eigenvalue weighted by molar-refractivity contribution is 7.99. The third-order valence-electron chi connectivity index (χ3n) is 6.32. The van der Waals surface area contributed by atoms with Gasteiger partial charge in [-0.15, -0.1) is 5.10 Å². The lowest BCUT2D eigenvalue weighted by Crippen LogP contribution is -2.32. The maximum Gasteiger partial charge on any atom is 0.191 e. The van der Waals surface area contributed by atoms with E-state index in [1.165, 1.54) is 0 Å². The number of nitrogens with zero attached hydrogens (tertiary/aromatic N) is 5. The van der Waals surface area contributed by atoms with Gasteiger partial charge in [0.1, 0.15) is 6.10 Å². The van der Waals surface area contributed by atoms with Crippen LogP contribution in [0.15, 0.2) is 5.16 Å². The van der Waals surface area contributed by atoms with E-state index in [-0.39, 0.29) is 30.8 Å². The molecule has 1 N–H and O–H groups in total. The molecule has 1 saturated heterocycles. The summed E-state index contributed by atoms with van der Waals surface area (Å²) in [6, 6.07) is 0. The van der Waals surface area contributed by atoms with Crippen molar-refractivity contribution in [3.8, 4) is 0 Å². The molecule has 2 aromatic rings. The Balaban J connectivity index is 1.39. The van der Waals surface area contributed by atoms with Crippen LogP contribution in [-0.2, 0) is 20.8 Å². The first-order chi connectivity index (χ1) is 15.1. The number of aliphatic hydroxyl groups is 1. The first-order valence-electron chi connectivity index (χ1n) is 11.1. The van der Waals surface area contributed by atoms with Gasteiger partial charge in [0, 0.05) is 24.5 Å². The standard InChI is InChI=1S/C20H28ClN5O4S/c1-2-9-31-19-22-17(21)14-18(23-19)26(25-24-14)11-12-10-13(28-8-7-27)16-15(12)29-20(30-16)5-3-4-6-20/h12-13,15-16,27H,2-11H2,1H3/t12?,13-,15-,16+/m0/s1. The third kappa shape index (κ3) is 4.18. The molecule has 3 aliphatic rings. The van der Waals surface area contributed by atoms with E-state index in [1.807, 2.05) is 0 Å². The SMILES string of the molecule is CCCSc1nc(Cl)c2nnn(CC3C[C@H](OCCO)[C@H]4OC5(CCCC5)O[C@@H]34)c2n1. The highest BCUT2D eigenvalue weighted by Gasteiger charge is 2.58. The van der Waals surface area contributed by atoms with E-state index < -0.39 is 5.79 Å².